The molecule has 1 aliphatic rings. The maximum atomic E-state index is 13.8. The van der Waals surface area contributed by atoms with Crippen molar-refractivity contribution in [2.24, 2.45) is 7.05 Å². The number of carbonyl (C=O) groups excluding carboxylic acids is 1. The lowest BCUT2D eigenvalue weighted by molar-refractivity contribution is 0.0931. The molecule has 0 saturated heterocycles. The molecule has 0 fully saturated rings. The van der Waals surface area contributed by atoms with Crippen LogP contribution in [0.3, 0.4) is 0 Å². The topological polar surface area (TPSA) is 72.7 Å². The maximum Gasteiger partial charge on any atom is 0.270 e. The van der Waals surface area contributed by atoms with Crippen LogP contribution in [-0.4, -0.2) is 25.7 Å². The number of rotatable bonds is 4. The summed E-state index contributed by atoms with van der Waals surface area (Å²) < 4.78 is 15.4. The Balaban J connectivity index is 1.51. The van der Waals surface area contributed by atoms with Gasteiger partial charge in [0.2, 0.25) is 0 Å². The zero-order valence-electron chi connectivity index (χ0n) is 17.2. The van der Waals surface area contributed by atoms with Crippen molar-refractivity contribution in [2.75, 3.05) is 0 Å². The zero-order chi connectivity index (χ0) is 22.2. The van der Waals surface area contributed by atoms with Crippen LogP contribution in [0.1, 0.15) is 34.1 Å². The summed E-state index contributed by atoms with van der Waals surface area (Å²) in [6, 6.07) is 13.3. The van der Waals surface area contributed by atoms with E-state index in [9.17, 15) is 9.18 Å². The predicted octanol–water partition coefficient (Wildman–Crippen LogP) is 4.75. The van der Waals surface area contributed by atoms with E-state index in [1.165, 1.54) is 12.1 Å². The number of benzene rings is 2. The minimum atomic E-state index is -0.338. The highest BCUT2D eigenvalue weighted by molar-refractivity contribution is 6.30. The molecule has 2 aromatic carbocycles. The number of amides is 1. The van der Waals surface area contributed by atoms with E-state index in [1.807, 2.05) is 12.1 Å². The molecule has 8 heteroatoms. The van der Waals surface area contributed by atoms with Gasteiger partial charge in [-0.2, -0.15) is 5.10 Å². The van der Waals surface area contributed by atoms with Crippen LogP contribution in [0.4, 0.5) is 4.39 Å². The molecule has 0 aliphatic heterocycles. The second-order valence-electron chi connectivity index (χ2n) is 7.78. The highest BCUT2D eigenvalue weighted by atomic mass is 35.5. The van der Waals surface area contributed by atoms with Gasteiger partial charge in [-0.3, -0.25) is 9.48 Å². The first-order valence-electron chi connectivity index (χ1n) is 10.2. The molecule has 0 unspecified atom stereocenters. The minimum absolute atomic E-state index is 0.230. The zero-order valence-corrected chi connectivity index (χ0v) is 18.0. The van der Waals surface area contributed by atoms with Crippen LogP contribution in [0.2, 0.25) is 5.02 Å². The third-order valence-electron chi connectivity index (χ3n) is 5.55. The fraction of sp³-hybridized carbons (Fsp3) is 0.167. The fourth-order valence-electron chi connectivity index (χ4n) is 3.95. The maximum absolute atomic E-state index is 13.8. The summed E-state index contributed by atoms with van der Waals surface area (Å²) in [5.74, 6) is -0.251. The number of nitrogens with one attached hydrogen (secondary N) is 1. The molecule has 1 aliphatic carbocycles. The van der Waals surface area contributed by atoms with Gasteiger partial charge in [-0.1, -0.05) is 29.8 Å². The number of nitrogens with zero attached hydrogens (tertiary/aromatic N) is 4. The number of aryl methyl sites for hydroxylation is 2. The lowest BCUT2D eigenvalue weighted by Crippen LogP contribution is -2.28. The number of hydrogen-bond acceptors (Lipinski definition) is 4. The first-order chi connectivity index (χ1) is 15.5. The smallest absolute Gasteiger partial charge is 0.270 e. The minimum Gasteiger partial charge on any atom is -0.344 e. The highest BCUT2D eigenvalue weighted by Crippen LogP contribution is 2.32. The molecule has 1 amide bonds. The van der Waals surface area contributed by atoms with E-state index in [1.54, 1.807) is 48.4 Å². The molecule has 5 rings (SSSR count). The van der Waals surface area contributed by atoms with Crippen molar-refractivity contribution in [1.82, 2.24) is 25.1 Å². The van der Waals surface area contributed by atoms with E-state index in [4.69, 9.17) is 11.6 Å². The Morgan fingerprint density at radius 1 is 1.12 bits per heavy atom. The molecular formula is C24H19ClFN5O. The predicted molar refractivity (Wildman–Crippen MR) is 120 cm³/mol. The average molecular weight is 448 g/mol. The Hall–Kier alpha value is -3.58. The normalized spacial score (nSPS) is 14.9. The van der Waals surface area contributed by atoms with Crippen LogP contribution in [0, 0.1) is 5.82 Å². The number of aromatic nitrogens is 4. The third-order valence-corrected chi connectivity index (χ3v) is 5.80. The molecule has 4 aromatic rings. The standard InChI is InChI=1S/C24H19ClFN5O/c1-31-13-16(12-27-31)23-28-21(15-2-6-17(25)7-3-15)11-22(29-23)24(32)30-20-9-5-14-4-8-18(26)10-19(14)20/h2-4,6-8,10-13,20H,5,9H2,1H3,(H,30,32)/t20-/m0/s1. The van der Waals surface area contributed by atoms with Crippen molar-refractivity contribution in [3.8, 4) is 22.6 Å². The summed E-state index contributed by atoms with van der Waals surface area (Å²) in [5, 5.41) is 7.81. The monoisotopic (exact) mass is 447 g/mol. The number of halogens is 2. The summed E-state index contributed by atoms with van der Waals surface area (Å²) in [6.07, 6.45) is 4.95. The van der Waals surface area contributed by atoms with Crippen molar-refractivity contribution in [3.05, 3.63) is 88.6 Å². The molecule has 2 heterocycles. The van der Waals surface area contributed by atoms with Gasteiger partial charge >= 0.3 is 0 Å². The van der Waals surface area contributed by atoms with Gasteiger partial charge in [-0.25, -0.2) is 14.4 Å². The fourth-order valence-corrected chi connectivity index (χ4v) is 4.08. The highest BCUT2D eigenvalue weighted by Gasteiger charge is 2.26. The van der Waals surface area contributed by atoms with E-state index < -0.39 is 0 Å². The molecule has 0 saturated carbocycles. The van der Waals surface area contributed by atoms with Crippen LogP contribution in [0.5, 0.6) is 0 Å². The van der Waals surface area contributed by atoms with Crippen LogP contribution in [0.15, 0.2) is 60.9 Å². The molecule has 0 bridgehead atoms. The van der Waals surface area contributed by atoms with E-state index in [0.717, 1.165) is 29.5 Å². The lowest BCUT2D eigenvalue weighted by atomic mass is 10.1. The Labute approximate surface area is 189 Å². The number of fused-ring (bicyclic) bond motifs is 1. The first kappa shape index (κ1) is 20.3. The summed E-state index contributed by atoms with van der Waals surface area (Å²) >= 11 is 6.02. The van der Waals surface area contributed by atoms with Gasteiger partial charge in [0.15, 0.2) is 5.82 Å². The van der Waals surface area contributed by atoms with Crippen LogP contribution < -0.4 is 5.32 Å². The summed E-state index contributed by atoms with van der Waals surface area (Å²) in [7, 11) is 1.80. The van der Waals surface area contributed by atoms with Gasteiger partial charge in [0.05, 0.1) is 23.5 Å². The largest absolute Gasteiger partial charge is 0.344 e. The van der Waals surface area contributed by atoms with Gasteiger partial charge in [-0.15, -0.1) is 0 Å². The summed E-state index contributed by atoms with van der Waals surface area (Å²) in [5.41, 5.74) is 4.21. The Bertz CT molecular complexity index is 1320. The van der Waals surface area contributed by atoms with Crippen molar-refractivity contribution >= 4 is 17.5 Å². The van der Waals surface area contributed by atoms with Gasteiger partial charge < -0.3 is 5.32 Å². The van der Waals surface area contributed by atoms with E-state index >= 15 is 0 Å². The first-order valence-corrected chi connectivity index (χ1v) is 10.6. The van der Waals surface area contributed by atoms with Gasteiger partial charge in [0, 0.05) is 23.8 Å². The molecule has 6 nitrogen and oxygen atoms in total. The molecule has 1 N–H and O–H groups in total. The van der Waals surface area contributed by atoms with E-state index in [0.29, 0.717) is 22.1 Å². The summed E-state index contributed by atoms with van der Waals surface area (Å²) in [4.78, 5) is 22.3. The number of hydrogen-bond donors (Lipinski definition) is 1. The Morgan fingerprint density at radius 2 is 1.94 bits per heavy atom. The van der Waals surface area contributed by atoms with Gasteiger partial charge in [-0.05, 0) is 54.3 Å². The van der Waals surface area contributed by atoms with Crippen molar-refractivity contribution in [3.63, 3.8) is 0 Å². The Morgan fingerprint density at radius 3 is 2.69 bits per heavy atom. The molecule has 2 aromatic heterocycles. The van der Waals surface area contributed by atoms with Crippen molar-refractivity contribution in [2.45, 2.75) is 18.9 Å². The van der Waals surface area contributed by atoms with Crippen LogP contribution in [-0.2, 0) is 13.5 Å². The Kier molecular flexibility index (Phi) is 5.19. The molecule has 160 valence electrons. The van der Waals surface area contributed by atoms with Crippen molar-refractivity contribution in [1.29, 1.82) is 0 Å². The molecule has 32 heavy (non-hydrogen) atoms. The summed E-state index contributed by atoms with van der Waals surface area (Å²) in [6.45, 7) is 0. The third kappa shape index (κ3) is 3.99. The van der Waals surface area contributed by atoms with Gasteiger partial charge in [0.25, 0.3) is 5.91 Å². The molecule has 0 radical (unpaired) electrons. The molecule has 0 spiro atoms. The van der Waals surface area contributed by atoms with E-state index in [2.05, 4.69) is 20.4 Å². The van der Waals surface area contributed by atoms with Crippen molar-refractivity contribution < 1.29 is 9.18 Å². The SMILES string of the molecule is Cn1cc(-c2nc(C(=O)N[C@H]3CCc4ccc(F)cc43)cc(-c3ccc(Cl)cc3)n2)cn1. The van der Waals surface area contributed by atoms with Crippen LogP contribution in [0.25, 0.3) is 22.6 Å². The van der Waals surface area contributed by atoms with Crippen LogP contribution >= 0.6 is 11.6 Å². The van der Waals surface area contributed by atoms with Gasteiger partial charge in [0.1, 0.15) is 11.5 Å². The second kappa shape index (κ2) is 8.16. The lowest BCUT2D eigenvalue weighted by Gasteiger charge is -2.15. The molecular weight excluding hydrogens is 429 g/mol. The molecule has 1 atom stereocenters. The second-order valence-corrected chi connectivity index (χ2v) is 8.22. The number of carbonyl (C=O) groups is 1. The van der Waals surface area contributed by atoms with E-state index in [-0.39, 0.29) is 23.5 Å². The quantitative estimate of drug-likeness (QED) is 0.490. The average Bonchev–Trinajstić information content (AvgIpc) is 3.40.